The van der Waals surface area contributed by atoms with E-state index in [1.54, 1.807) is 7.05 Å². The number of hydrogen-bond acceptors (Lipinski definition) is 4. The van der Waals surface area contributed by atoms with Gasteiger partial charge in [-0.3, -0.25) is 9.89 Å². The van der Waals surface area contributed by atoms with Crippen LogP contribution in [0.25, 0.3) is 0 Å². The molecule has 0 aliphatic carbocycles. The average Bonchev–Trinajstić information content (AvgIpc) is 2.79. The topological polar surface area (TPSA) is 52.1 Å². The molecule has 3 rings (SSSR count). The minimum atomic E-state index is 0.683. The van der Waals surface area contributed by atoms with Crippen LogP contribution in [-0.4, -0.2) is 69.2 Å². The van der Waals surface area contributed by atoms with Crippen LogP contribution in [0.3, 0.4) is 0 Å². The SMILES string of the molecule is CN=C(NCCCOc1ccccc1)NCc1ccc(CN2CCN(C)CC2)cc1. The monoisotopic (exact) mass is 409 g/mol. The molecule has 1 saturated heterocycles. The Labute approximate surface area is 180 Å². The van der Waals surface area contributed by atoms with Gasteiger partial charge in [-0.1, -0.05) is 42.5 Å². The van der Waals surface area contributed by atoms with Gasteiger partial charge in [0.15, 0.2) is 5.96 Å². The Bertz CT molecular complexity index is 755. The van der Waals surface area contributed by atoms with Gasteiger partial charge in [-0.25, -0.2) is 0 Å². The van der Waals surface area contributed by atoms with Crippen LogP contribution in [0.4, 0.5) is 0 Å². The van der Waals surface area contributed by atoms with Gasteiger partial charge in [0.05, 0.1) is 6.61 Å². The molecule has 2 aromatic rings. The summed E-state index contributed by atoms with van der Waals surface area (Å²) in [4.78, 5) is 9.22. The summed E-state index contributed by atoms with van der Waals surface area (Å²) in [7, 11) is 4.00. The van der Waals surface area contributed by atoms with Crippen molar-refractivity contribution in [3.05, 3.63) is 65.7 Å². The Kier molecular flexibility index (Phi) is 9.00. The molecule has 0 atom stereocenters. The van der Waals surface area contributed by atoms with Crippen molar-refractivity contribution < 1.29 is 4.74 Å². The van der Waals surface area contributed by atoms with E-state index in [1.807, 2.05) is 30.3 Å². The van der Waals surface area contributed by atoms with Crippen molar-refractivity contribution in [3.8, 4) is 5.75 Å². The predicted molar refractivity (Wildman–Crippen MR) is 124 cm³/mol. The first-order chi connectivity index (χ1) is 14.7. The molecule has 0 saturated carbocycles. The van der Waals surface area contributed by atoms with Crippen LogP contribution in [0.2, 0.25) is 0 Å². The van der Waals surface area contributed by atoms with Crippen LogP contribution >= 0.6 is 0 Å². The standard InChI is InChI=1S/C24H35N5O/c1-25-24(26-13-6-18-30-23-7-4-3-5-8-23)27-19-21-9-11-22(12-10-21)20-29-16-14-28(2)15-17-29/h3-5,7-12H,6,13-20H2,1-2H3,(H2,25,26,27). The molecular formula is C24H35N5O. The second kappa shape index (κ2) is 12.2. The molecular weight excluding hydrogens is 374 g/mol. The maximum atomic E-state index is 5.72. The fourth-order valence-electron chi connectivity index (χ4n) is 3.42. The Balaban J connectivity index is 1.32. The normalized spacial score (nSPS) is 15.7. The van der Waals surface area contributed by atoms with Crippen LogP contribution in [-0.2, 0) is 13.1 Å². The molecule has 30 heavy (non-hydrogen) atoms. The Hall–Kier alpha value is -2.57. The lowest BCUT2D eigenvalue weighted by molar-refractivity contribution is 0.148. The first kappa shape index (κ1) is 22.1. The summed E-state index contributed by atoms with van der Waals surface area (Å²) in [5, 5.41) is 6.73. The average molecular weight is 410 g/mol. The van der Waals surface area contributed by atoms with Crippen LogP contribution in [0.15, 0.2) is 59.6 Å². The highest BCUT2D eigenvalue weighted by Crippen LogP contribution is 2.10. The zero-order valence-corrected chi connectivity index (χ0v) is 18.3. The second-order valence-corrected chi connectivity index (χ2v) is 7.76. The van der Waals surface area contributed by atoms with E-state index in [-0.39, 0.29) is 0 Å². The highest BCUT2D eigenvalue weighted by atomic mass is 16.5. The van der Waals surface area contributed by atoms with Crippen molar-refractivity contribution >= 4 is 5.96 Å². The van der Waals surface area contributed by atoms with Gasteiger partial charge in [-0.15, -0.1) is 0 Å². The summed E-state index contributed by atoms with van der Waals surface area (Å²) in [6, 6.07) is 18.8. The summed E-state index contributed by atoms with van der Waals surface area (Å²) in [6.07, 6.45) is 0.913. The van der Waals surface area contributed by atoms with Crippen molar-refractivity contribution in [1.29, 1.82) is 0 Å². The zero-order valence-electron chi connectivity index (χ0n) is 18.3. The fraction of sp³-hybridized carbons (Fsp3) is 0.458. The lowest BCUT2D eigenvalue weighted by atomic mass is 10.1. The van der Waals surface area contributed by atoms with E-state index >= 15 is 0 Å². The van der Waals surface area contributed by atoms with Gasteiger partial charge in [0, 0.05) is 52.9 Å². The highest BCUT2D eigenvalue weighted by molar-refractivity contribution is 5.79. The summed E-state index contributed by atoms with van der Waals surface area (Å²) >= 11 is 0. The Morgan fingerprint density at radius 1 is 0.933 bits per heavy atom. The first-order valence-electron chi connectivity index (χ1n) is 10.8. The summed E-state index contributed by atoms with van der Waals surface area (Å²) < 4.78 is 5.72. The van der Waals surface area contributed by atoms with Gasteiger partial charge in [0.1, 0.15) is 5.75 Å². The molecule has 0 unspecified atom stereocenters. The molecule has 6 nitrogen and oxygen atoms in total. The van der Waals surface area contributed by atoms with Gasteiger partial charge in [0.2, 0.25) is 0 Å². The number of aliphatic imine (C=N–C) groups is 1. The third-order valence-corrected chi connectivity index (χ3v) is 5.33. The third kappa shape index (κ3) is 7.69. The number of hydrogen-bond donors (Lipinski definition) is 2. The van der Waals surface area contributed by atoms with Gasteiger partial charge in [-0.2, -0.15) is 0 Å². The molecule has 0 bridgehead atoms. The van der Waals surface area contributed by atoms with Crippen LogP contribution in [0.1, 0.15) is 17.5 Å². The van der Waals surface area contributed by atoms with E-state index in [9.17, 15) is 0 Å². The molecule has 162 valence electrons. The smallest absolute Gasteiger partial charge is 0.191 e. The van der Waals surface area contributed by atoms with E-state index in [0.717, 1.165) is 63.9 Å². The second-order valence-electron chi connectivity index (χ2n) is 7.76. The van der Waals surface area contributed by atoms with Crippen molar-refractivity contribution in [2.45, 2.75) is 19.5 Å². The summed E-state index contributed by atoms with van der Waals surface area (Å²) in [6.45, 7) is 7.92. The van der Waals surface area contributed by atoms with Crippen molar-refractivity contribution in [3.63, 3.8) is 0 Å². The molecule has 1 heterocycles. The molecule has 0 amide bonds. The lowest BCUT2D eigenvalue weighted by Crippen LogP contribution is -2.43. The number of piperazine rings is 1. The fourth-order valence-corrected chi connectivity index (χ4v) is 3.42. The molecule has 1 aliphatic heterocycles. The van der Waals surface area contributed by atoms with Gasteiger partial charge < -0.3 is 20.3 Å². The van der Waals surface area contributed by atoms with E-state index < -0.39 is 0 Å². The Morgan fingerprint density at radius 2 is 1.63 bits per heavy atom. The van der Waals surface area contributed by atoms with E-state index in [2.05, 4.69) is 56.7 Å². The lowest BCUT2D eigenvalue weighted by Gasteiger charge is -2.32. The van der Waals surface area contributed by atoms with E-state index in [4.69, 9.17) is 4.74 Å². The largest absolute Gasteiger partial charge is 0.494 e. The molecule has 1 aliphatic rings. The number of guanidine groups is 1. The van der Waals surface area contributed by atoms with Crippen molar-refractivity contribution in [2.75, 3.05) is 53.4 Å². The molecule has 2 aromatic carbocycles. The van der Waals surface area contributed by atoms with E-state index in [1.165, 1.54) is 11.1 Å². The number of likely N-dealkylation sites (N-methyl/N-ethyl adjacent to an activating group) is 1. The van der Waals surface area contributed by atoms with Gasteiger partial charge in [-0.05, 0) is 36.7 Å². The first-order valence-corrected chi connectivity index (χ1v) is 10.8. The molecule has 0 aromatic heterocycles. The maximum Gasteiger partial charge on any atom is 0.191 e. The van der Waals surface area contributed by atoms with Gasteiger partial charge >= 0.3 is 0 Å². The number of nitrogens with zero attached hydrogens (tertiary/aromatic N) is 3. The Morgan fingerprint density at radius 3 is 2.33 bits per heavy atom. The molecule has 0 radical (unpaired) electrons. The maximum absolute atomic E-state index is 5.72. The van der Waals surface area contributed by atoms with Crippen LogP contribution in [0, 0.1) is 0 Å². The van der Waals surface area contributed by atoms with Crippen LogP contribution in [0.5, 0.6) is 5.75 Å². The zero-order chi connectivity index (χ0) is 21.0. The number of para-hydroxylation sites is 1. The number of ether oxygens (including phenoxy) is 1. The molecule has 2 N–H and O–H groups in total. The molecule has 1 fully saturated rings. The summed E-state index contributed by atoms with van der Waals surface area (Å²) in [5.41, 5.74) is 2.64. The van der Waals surface area contributed by atoms with E-state index in [0.29, 0.717) is 6.61 Å². The number of benzene rings is 2. The van der Waals surface area contributed by atoms with Crippen molar-refractivity contribution in [1.82, 2.24) is 20.4 Å². The molecule has 6 heteroatoms. The van der Waals surface area contributed by atoms with Gasteiger partial charge in [0.25, 0.3) is 0 Å². The minimum Gasteiger partial charge on any atom is -0.494 e. The quantitative estimate of drug-likeness (QED) is 0.379. The number of rotatable bonds is 9. The van der Waals surface area contributed by atoms with Crippen LogP contribution < -0.4 is 15.4 Å². The predicted octanol–water partition coefficient (Wildman–Crippen LogP) is 2.57. The number of nitrogens with one attached hydrogen (secondary N) is 2. The molecule has 0 spiro atoms. The van der Waals surface area contributed by atoms with Crippen molar-refractivity contribution in [2.24, 2.45) is 4.99 Å². The minimum absolute atomic E-state index is 0.683. The highest BCUT2D eigenvalue weighted by Gasteiger charge is 2.13. The summed E-state index contributed by atoms with van der Waals surface area (Å²) in [5.74, 6) is 1.73. The third-order valence-electron chi connectivity index (χ3n) is 5.33.